The van der Waals surface area contributed by atoms with Gasteiger partial charge in [0.25, 0.3) is 12.4 Å². The lowest BCUT2D eigenvalue weighted by Gasteiger charge is -2.31. The molecule has 2 fully saturated rings. The molecule has 3 atom stereocenters. The van der Waals surface area contributed by atoms with Crippen LogP contribution in [0.3, 0.4) is 0 Å². The molecule has 0 radical (unpaired) electrons. The zero-order valence-electron chi connectivity index (χ0n) is 16.6. The van der Waals surface area contributed by atoms with Crippen LogP contribution in [-0.2, 0) is 4.79 Å². The SMILES string of the molecule is CN(C)C(=O)N1C[C@H]2CN(C(=O)c3cocn3)C[C@H]2[C@@H]1c1cccc(F)c1.O=CO. The standard InChI is InChI=1S/C19H21FN4O3.CH2O2/c1-22(2)19(26)24-8-13-7-23(18(25)16-10-27-11-21-16)9-15(13)17(24)12-4-3-5-14(20)6-12;2-1-3/h3-6,10-11,13,15,17H,7-9H2,1-2H3;1H,(H,2,3)/t13-,15-,17+;/m1./s1. The molecule has 0 spiro atoms. The first kappa shape index (κ1) is 21.3. The van der Waals surface area contributed by atoms with Crippen LogP contribution in [0.25, 0.3) is 0 Å². The van der Waals surface area contributed by atoms with Gasteiger partial charge in [0, 0.05) is 45.6 Å². The topological polar surface area (TPSA) is 107 Å². The molecule has 0 unspecified atom stereocenters. The summed E-state index contributed by atoms with van der Waals surface area (Å²) < 4.78 is 18.8. The molecule has 2 saturated heterocycles. The molecule has 4 rings (SSSR count). The number of carbonyl (C=O) groups excluding carboxylic acids is 2. The number of fused-ring (bicyclic) bond motifs is 1. The van der Waals surface area contributed by atoms with E-state index in [2.05, 4.69) is 4.98 Å². The minimum Gasteiger partial charge on any atom is -0.483 e. The second-order valence-electron chi connectivity index (χ2n) is 7.44. The molecule has 0 bridgehead atoms. The van der Waals surface area contributed by atoms with Gasteiger partial charge in [-0.15, -0.1) is 0 Å². The van der Waals surface area contributed by atoms with E-state index < -0.39 is 0 Å². The Hall–Kier alpha value is -3.43. The van der Waals surface area contributed by atoms with E-state index in [1.54, 1.807) is 30.0 Å². The highest BCUT2D eigenvalue weighted by atomic mass is 19.1. The Kier molecular flexibility index (Phi) is 6.34. The van der Waals surface area contributed by atoms with E-state index in [0.29, 0.717) is 19.6 Å². The van der Waals surface area contributed by atoms with Gasteiger partial charge < -0.3 is 24.2 Å². The summed E-state index contributed by atoms with van der Waals surface area (Å²) in [5.41, 5.74) is 1.03. The quantitative estimate of drug-likeness (QED) is 0.747. The Morgan fingerprint density at radius 3 is 2.63 bits per heavy atom. The van der Waals surface area contributed by atoms with Crippen molar-refractivity contribution >= 4 is 18.4 Å². The van der Waals surface area contributed by atoms with E-state index in [4.69, 9.17) is 14.3 Å². The summed E-state index contributed by atoms with van der Waals surface area (Å²) in [5, 5.41) is 6.89. The average Bonchev–Trinajstić information content (AvgIpc) is 3.43. The van der Waals surface area contributed by atoms with Crippen LogP contribution in [-0.4, -0.2) is 76.9 Å². The summed E-state index contributed by atoms with van der Waals surface area (Å²) in [5.74, 6) is -0.326. The lowest BCUT2D eigenvalue weighted by molar-refractivity contribution is -0.122. The number of urea groups is 1. The maximum Gasteiger partial charge on any atom is 0.320 e. The minimum absolute atomic E-state index is 0.0477. The summed E-state index contributed by atoms with van der Waals surface area (Å²) >= 11 is 0. The monoisotopic (exact) mass is 418 g/mol. The predicted molar refractivity (Wildman–Crippen MR) is 103 cm³/mol. The highest BCUT2D eigenvalue weighted by Crippen LogP contribution is 2.45. The molecule has 160 valence electrons. The van der Waals surface area contributed by atoms with Gasteiger partial charge in [-0.3, -0.25) is 9.59 Å². The van der Waals surface area contributed by atoms with Crippen molar-refractivity contribution in [1.29, 1.82) is 0 Å². The van der Waals surface area contributed by atoms with E-state index in [1.165, 1.54) is 29.7 Å². The van der Waals surface area contributed by atoms with Crippen molar-refractivity contribution in [2.45, 2.75) is 6.04 Å². The lowest BCUT2D eigenvalue weighted by Crippen LogP contribution is -2.42. The number of carboxylic acid groups (broad SMARTS) is 1. The third-order valence-electron chi connectivity index (χ3n) is 5.42. The van der Waals surface area contributed by atoms with Crippen LogP contribution in [0.15, 0.2) is 41.3 Å². The Balaban J connectivity index is 0.000000806. The van der Waals surface area contributed by atoms with Crippen molar-refractivity contribution in [3.63, 3.8) is 0 Å². The number of benzene rings is 1. The molecule has 3 heterocycles. The Morgan fingerprint density at radius 2 is 2.03 bits per heavy atom. The van der Waals surface area contributed by atoms with E-state index in [0.717, 1.165) is 5.56 Å². The molecule has 1 aromatic carbocycles. The number of hydrogen-bond acceptors (Lipinski definition) is 5. The second kappa shape index (κ2) is 8.93. The predicted octanol–water partition coefficient (Wildman–Crippen LogP) is 1.94. The molecule has 2 aliphatic rings. The van der Waals surface area contributed by atoms with Gasteiger partial charge in [-0.05, 0) is 17.7 Å². The van der Waals surface area contributed by atoms with Crippen LogP contribution in [0, 0.1) is 17.7 Å². The van der Waals surface area contributed by atoms with Gasteiger partial charge in [0.15, 0.2) is 12.1 Å². The van der Waals surface area contributed by atoms with E-state index in [-0.39, 0.29) is 47.8 Å². The summed E-state index contributed by atoms with van der Waals surface area (Å²) in [6.45, 7) is 1.32. The largest absolute Gasteiger partial charge is 0.483 e. The van der Waals surface area contributed by atoms with Crippen LogP contribution >= 0.6 is 0 Å². The van der Waals surface area contributed by atoms with Crippen LogP contribution in [0.1, 0.15) is 22.1 Å². The Labute approximate surface area is 172 Å². The van der Waals surface area contributed by atoms with Crippen molar-refractivity contribution in [1.82, 2.24) is 19.7 Å². The van der Waals surface area contributed by atoms with Gasteiger partial charge in [-0.2, -0.15) is 0 Å². The summed E-state index contributed by atoms with van der Waals surface area (Å²) in [7, 11) is 3.42. The maximum atomic E-state index is 13.8. The number of rotatable bonds is 2. The fourth-order valence-electron chi connectivity index (χ4n) is 4.26. The summed E-state index contributed by atoms with van der Waals surface area (Å²) in [6.07, 6.45) is 2.57. The van der Waals surface area contributed by atoms with Crippen LogP contribution in [0.5, 0.6) is 0 Å². The van der Waals surface area contributed by atoms with Gasteiger partial charge in [0.05, 0.1) is 6.04 Å². The third-order valence-corrected chi connectivity index (χ3v) is 5.42. The fourth-order valence-corrected chi connectivity index (χ4v) is 4.26. The van der Waals surface area contributed by atoms with Crippen molar-refractivity contribution in [3.8, 4) is 0 Å². The van der Waals surface area contributed by atoms with Gasteiger partial charge in [-0.1, -0.05) is 12.1 Å². The zero-order valence-corrected chi connectivity index (χ0v) is 16.6. The van der Waals surface area contributed by atoms with Gasteiger partial charge in [-0.25, -0.2) is 14.2 Å². The third kappa shape index (κ3) is 4.12. The number of carbonyl (C=O) groups is 3. The number of amides is 3. The van der Waals surface area contributed by atoms with Crippen molar-refractivity contribution in [2.24, 2.45) is 11.8 Å². The molecule has 3 amide bonds. The highest BCUT2D eigenvalue weighted by Gasteiger charge is 2.50. The van der Waals surface area contributed by atoms with E-state index in [9.17, 15) is 14.0 Å². The summed E-state index contributed by atoms with van der Waals surface area (Å²) in [6, 6.07) is 6.00. The highest BCUT2D eigenvalue weighted by molar-refractivity contribution is 5.92. The van der Waals surface area contributed by atoms with Crippen LogP contribution in [0.4, 0.5) is 9.18 Å². The molecule has 0 aliphatic carbocycles. The van der Waals surface area contributed by atoms with Crippen molar-refractivity contribution < 1.29 is 28.3 Å². The number of aromatic nitrogens is 1. The Bertz CT molecular complexity index is 904. The van der Waals surface area contributed by atoms with Crippen LogP contribution < -0.4 is 0 Å². The van der Waals surface area contributed by atoms with Gasteiger partial charge >= 0.3 is 6.03 Å². The molecule has 10 heteroatoms. The number of nitrogens with zero attached hydrogens (tertiary/aromatic N) is 4. The number of oxazole rings is 1. The number of likely N-dealkylation sites (tertiary alicyclic amines) is 2. The lowest BCUT2D eigenvalue weighted by atomic mass is 9.89. The molecule has 2 aromatic rings. The molecule has 0 saturated carbocycles. The van der Waals surface area contributed by atoms with E-state index >= 15 is 0 Å². The van der Waals surface area contributed by atoms with E-state index in [1.807, 2.05) is 6.07 Å². The molecule has 2 aliphatic heterocycles. The first-order valence-corrected chi connectivity index (χ1v) is 9.36. The smallest absolute Gasteiger partial charge is 0.320 e. The zero-order chi connectivity index (χ0) is 21.8. The van der Waals surface area contributed by atoms with Crippen molar-refractivity contribution in [3.05, 3.63) is 54.0 Å². The normalized spacial score (nSPS) is 22.2. The van der Waals surface area contributed by atoms with Crippen molar-refractivity contribution in [2.75, 3.05) is 33.7 Å². The summed E-state index contributed by atoms with van der Waals surface area (Å²) in [4.78, 5) is 42.7. The number of hydrogen-bond donors (Lipinski definition) is 1. The molecular weight excluding hydrogens is 395 g/mol. The van der Waals surface area contributed by atoms with Gasteiger partial charge in [0.2, 0.25) is 0 Å². The fraction of sp³-hybridized carbons (Fsp3) is 0.400. The average molecular weight is 418 g/mol. The Morgan fingerprint density at radius 1 is 1.30 bits per heavy atom. The first-order valence-electron chi connectivity index (χ1n) is 9.36. The molecule has 1 aromatic heterocycles. The molecular formula is C20H23FN4O5. The minimum atomic E-state index is -0.332. The first-order chi connectivity index (χ1) is 14.4. The second-order valence-corrected chi connectivity index (χ2v) is 7.44. The maximum absolute atomic E-state index is 13.8. The molecule has 30 heavy (non-hydrogen) atoms. The molecule has 9 nitrogen and oxygen atoms in total. The van der Waals surface area contributed by atoms with Crippen LogP contribution in [0.2, 0.25) is 0 Å². The van der Waals surface area contributed by atoms with Gasteiger partial charge in [0.1, 0.15) is 12.1 Å². The number of halogens is 1. The molecule has 1 N–H and O–H groups in total.